The summed E-state index contributed by atoms with van der Waals surface area (Å²) in [6, 6.07) is 16.1. The lowest BCUT2D eigenvalue weighted by Crippen LogP contribution is -2.36. The fourth-order valence-corrected chi connectivity index (χ4v) is 2.38. The lowest BCUT2D eigenvalue weighted by atomic mass is 9.95. The molecule has 0 fully saturated rings. The quantitative estimate of drug-likeness (QED) is 0.904. The van der Waals surface area contributed by atoms with Crippen LogP contribution in [0.15, 0.2) is 54.6 Å². The molecule has 0 heterocycles. The molecule has 0 radical (unpaired) electrons. The minimum absolute atomic E-state index is 0.290. The predicted octanol–water partition coefficient (Wildman–Crippen LogP) is 3.17. The number of nitrogens with zero attached hydrogens (tertiary/aromatic N) is 1. The normalized spacial score (nSPS) is 14.2. The van der Waals surface area contributed by atoms with Crippen LogP contribution < -0.4 is 0 Å². The Morgan fingerprint density at radius 1 is 1.05 bits per heavy atom. The number of hydrogen-bond acceptors (Lipinski definition) is 2. The van der Waals surface area contributed by atoms with Crippen molar-refractivity contribution in [1.82, 2.24) is 4.90 Å². The third-order valence-corrected chi connectivity index (χ3v) is 3.34. The Labute approximate surface area is 119 Å². The summed E-state index contributed by atoms with van der Waals surface area (Å²) in [5.74, 6) is -0.290. The van der Waals surface area contributed by atoms with Crippen LogP contribution in [-0.2, 0) is 12.1 Å². The van der Waals surface area contributed by atoms with E-state index < -0.39 is 5.60 Å². The maximum atomic E-state index is 12.9. The topological polar surface area (TPSA) is 23.5 Å². The second-order valence-electron chi connectivity index (χ2n) is 5.44. The predicted molar refractivity (Wildman–Crippen MR) is 78.7 cm³/mol. The summed E-state index contributed by atoms with van der Waals surface area (Å²) in [6.07, 6.45) is 0. The van der Waals surface area contributed by atoms with E-state index in [0.717, 1.165) is 12.1 Å². The minimum Gasteiger partial charge on any atom is -0.384 e. The van der Waals surface area contributed by atoms with Crippen molar-refractivity contribution in [3.05, 3.63) is 71.5 Å². The van der Waals surface area contributed by atoms with Crippen LogP contribution in [0.4, 0.5) is 4.39 Å². The average molecular weight is 273 g/mol. The van der Waals surface area contributed by atoms with Gasteiger partial charge < -0.3 is 5.11 Å². The Balaban J connectivity index is 2.02. The van der Waals surface area contributed by atoms with E-state index in [4.69, 9.17) is 0 Å². The summed E-state index contributed by atoms with van der Waals surface area (Å²) < 4.78 is 12.9. The maximum absolute atomic E-state index is 12.9. The van der Waals surface area contributed by atoms with E-state index in [2.05, 4.69) is 17.0 Å². The van der Waals surface area contributed by atoms with Gasteiger partial charge in [0.15, 0.2) is 0 Å². The molecular formula is C17H20FNO. The molecule has 0 saturated heterocycles. The van der Waals surface area contributed by atoms with E-state index in [1.165, 1.54) is 17.7 Å². The summed E-state index contributed by atoms with van der Waals surface area (Å²) >= 11 is 0. The van der Waals surface area contributed by atoms with Gasteiger partial charge in [-0.3, -0.25) is 4.90 Å². The highest BCUT2D eigenvalue weighted by molar-refractivity contribution is 5.23. The molecule has 0 aromatic heterocycles. The third kappa shape index (κ3) is 3.89. The molecule has 20 heavy (non-hydrogen) atoms. The number of likely N-dealkylation sites (N-methyl/N-ethyl adjacent to an activating group) is 1. The molecule has 0 spiro atoms. The average Bonchev–Trinajstić information content (AvgIpc) is 2.39. The summed E-state index contributed by atoms with van der Waals surface area (Å²) in [4.78, 5) is 2.05. The molecule has 2 nitrogen and oxygen atoms in total. The van der Waals surface area contributed by atoms with E-state index in [0.29, 0.717) is 6.54 Å². The largest absolute Gasteiger partial charge is 0.384 e. The fourth-order valence-electron chi connectivity index (χ4n) is 2.38. The van der Waals surface area contributed by atoms with Gasteiger partial charge >= 0.3 is 0 Å². The van der Waals surface area contributed by atoms with Gasteiger partial charge in [-0.25, -0.2) is 4.39 Å². The molecule has 0 aliphatic carbocycles. The van der Waals surface area contributed by atoms with Gasteiger partial charge in [0.1, 0.15) is 5.82 Å². The molecule has 2 aromatic rings. The third-order valence-electron chi connectivity index (χ3n) is 3.34. The van der Waals surface area contributed by atoms with Gasteiger partial charge in [-0.15, -0.1) is 0 Å². The Kier molecular flexibility index (Phi) is 4.53. The maximum Gasteiger partial charge on any atom is 0.123 e. The van der Waals surface area contributed by atoms with Crippen molar-refractivity contribution in [2.24, 2.45) is 0 Å². The Morgan fingerprint density at radius 2 is 1.65 bits per heavy atom. The first kappa shape index (κ1) is 14.7. The van der Waals surface area contributed by atoms with Crippen LogP contribution in [-0.4, -0.2) is 23.6 Å². The van der Waals surface area contributed by atoms with E-state index in [1.807, 2.05) is 25.2 Å². The number of aliphatic hydroxyl groups is 1. The second-order valence-corrected chi connectivity index (χ2v) is 5.44. The zero-order chi connectivity index (χ0) is 14.6. The lowest BCUT2D eigenvalue weighted by Gasteiger charge is -2.29. The van der Waals surface area contributed by atoms with Crippen LogP contribution in [0, 0.1) is 5.82 Å². The fraction of sp³-hybridized carbons (Fsp3) is 0.294. The van der Waals surface area contributed by atoms with Gasteiger partial charge in [-0.2, -0.15) is 0 Å². The molecule has 106 valence electrons. The summed E-state index contributed by atoms with van der Waals surface area (Å²) in [7, 11) is 1.96. The summed E-state index contributed by atoms with van der Waals surface area (Å²) in [6.45, 7) is 2.99. The first-order valence-corrected chi connectivity index (χ1v) is 6.68. The van der Waals surface area contributed by atoms with Crippen molar-refractivity contribution < 1.29 is 9.50 Å². The van der Waals surface area contributed by atoms with Gasteiger partial charge in [-0.1, -0.05) is 42.5 Å². The van der Waals surface area contributed by atoms with Gasteiger partial charge in [0.25, 0.3) is 0 Å². The zero-order valence-electron chi connectivity index (χ0n) is 11.9. The highest BCUT2D eigenvalue weighted by Crippen LogP contribution is 2.22. The standard InChI is InChI=1S/C17H20FNO/c1-17(20,15-8-10-16(18)11-9-15)13-19(2)12-14-6-4-3-5-7-14/h3-11,20H,12-13H2,1-2H3. The van der Waals surface area contributed by atoms with Crippen molar-refractivity contribution in [2.75, 3.05) is 13.6 Å². The summed E-state index contributed by atoms with van der Waals surface area (Å²) in [5.41, 5.74) is 0.917. The van der Waals surface area contributed by atoms with Crippen LogP contribution >= 0.6 is 0 Å². The molecular weight excluding hydrogens is 253 g/mol. The van der Waals surface area contributed by atoms with Crippen LogP contribution in [0.5, 0.6) is 0 Å². The van der Waals surface area contributed by atoms with Crippen LogP contribution in [0.1, 0.15) is 18.1 Å². The first-order chi connectivity index (χ1) is 9.47. The van der Waals surface area contributed by atoms with E-state index >= 15 is 0 Å². The van der Waals surface area contributed by atoms with Crippen LogP contribution in [0.25, 0.3) is 0 Å². The first-order valence-electron chi connectivity index (χ1n) is 6.68. The van der Waals surface area contributed by atoms with Crippen molar-refractivity contribution in [2.45, 2.75) is 19.1 Å². The van der Waals surface area contributed by atoms with Gasteiger partial charge in [0.05, 0.1) is 5.60 Å². The van der Waals surface area contributed by atoms with Crippen molar-refractivity contribution in [1.29, 1.82) is 0 Å². The number of rotatable bonds is 5. The van der Waals surface area contributed by atoms with Gasteiger partial charge in [-0.05, 0) is 37.2 Å². The number of hydrogen-bond donors (Lipinski definition) is 1. The molecule has 2 rings (SSSR count). The molecule has 1 unspecified atom stereocenters. The molecule has 0 aliphatic heterocycles. The summed E-state index contributed by atoms with van der Waals surface area (Å²) in [5, 5.41) is 10.6. The molecule has 3 heteroatoms. The monoisotopic (exact) mass is 273 g/mol. The molecule has 0 aliphatic rings. The highest BCUT2D eigenvalue weighted by Gasteiger charge is 2.24. The van der Waals surface area contributed by atoms with Crippen molar-refractivity contribution in [3.8, 4) is 0 Å². The molecule has 0 bridgehead atoms. The Bertz CT molecular complexity index is 537. The molecule has 2 aromatic carbocycles. The van der Waals surface area contributed by atoms with E-state index in [-0.39, 0.29) is 5.82 Å². The van der Waals surface area contributed by atoms with Crippen LogP contribution in [0.3, 0.4) is 0 Å². The lowest BCUT2D eigenvalue weighted by molar-refractivity contribution is 0.0213. The molecule has 0 amide bonds. The Morgan fingerprint density at radius 3 is 2.25 bits per heavy atom. The highest BCUT2D eigenvalue weighted by atomic mass is 19.1. The second kappa shape index (κ2) is 6.16. The SMILES string of the molecule is CN(Cc1ccccc1)CC(C)(O)c1ccc(F)cc1. The smallest absolute Gasteiger partial charge is 0.123 e. The number of halogens is 1. The van der Waals surface area contributed by atoms with E-state index in [1.54, 1.807) is 19.1 Å². The Hall–Kier alpha value is -1.71. The van der Waals surface area contributed by atoms with Crippen LogP contribution in [0.2, 0.25) is 0 Å². The van der Waals surface area contributed by atoms with E-state index in [9.17, 15) is 9.50 Å². The minimum atomic E-state index is -1.00. The van der Waals surface area contributed by atoms with Crippen molar-refractivity contribution >= 4 is 0 Å². The van der Waals surface area contributed by atoms with Gasteiger partial charge in [0.2, 0.25) is 0 Å². The van der Waals surface area contributed by atoms with Gasteiger partial charge in [0, 0.05) is 13.1 Å². The zero-order valence-corrected chi connectivity index (χ0v) is 11.9. The van der Waals surface area contributed by atoms with Crippen molar-refractivity contribution in [3.63, 3.8) is 0 Å². The molecule has 1 N–H and O–H groups in total. The number of benzene rings is 2. The molecule has 1 atom stereocenters. The molecule has 0 saturated carbocycles.